The zero-order chi connectivity index (χ0) is 10.8. The third-order valence-electron chi connectivity index (χ3n) is 2.22. The van der Waals surface area contributed by atoms with Gasteiger partial charge in [0.05, 0.1) is 13.3 Å². The second kappa shape index (κ2) is 3.68. The monoisotopic (exact) mass is 205 g/mol. The first kappa shape index (κ1) is 9.64. The van der Waals surface area contributed by atoms with Crippen molar-refractivity contribution in [2.75, 3.05) is 7.11 Å². The molecule has 0 N–H and O–H groups in total. The second-order valence-electron chi connectivity index (χ2n) is 3.12. The van der Waals surface area contributed by atoms with Crippen molar-refractivity contribution in [3.63, 3.8) is 0 Å². The zero-order valence-corrected chi connectivity index (χ0v) is 8.60. The van der Waals surface area contributed by atoms with Crippen molar-refractivity contribution in [2.24, 2.45) is 0 Å². The number of imidazole rings is 1. The van der Waals surface area contributed by atoms with Gasteiger partial charge in [0, 0.05) is 12.4 Å². The maximum Gasteiger partial charge on any atom is 0.356 e. The minimum absolute atomic E-state index is 0.398. The number of aromatic nitrogens is 3. The topological polar surface area (TPSA) is 56.5 Å². The van der Waals surface area contributed by atoms with Crippen LogP contribution in [-0.2, 0) is 11.2 Å². The molecular formula is C10H11N3O2. The van der Waals surface area contributed by atoms with Crippen LogP contribution in [0.1, 0.15) is 23.0 Å². The SMILES string of the molecule is CCc1cnc2ncc(C(=O)OC)n2c1. The van der Waals surface area contributed by atoms with Crippen molar-refractivity contribution in [3.05, 3.63) is 29.8 Å². The van der Waals surface area contributed by atoms with Crippen LogP contribution in [0.15, 0.2) is 18.6 Å². The lowest BCUT2D eigenvalue weighted by atomic mass is 10.3. The molecule has 0 unspecified atom stereocenters. The quantitative estimate of drug-likeness (QED) is 0.688. The number of ether oxygens (including phenoxy) is 1. The molecule has 0 saturated heterocycles. The lowest BCUT2D eigenvalue weighted by Gasteiger charge is -2.01. The predicted octanol–water partition coefficient (Wildman–Crippen LogP) is 1.08. The summed E-state index contributed by atoms with van der Waals surface area (Å²) < 4.78 is 6.29. The molecule has 0 spiro atoms. The number of carbonyl (C=O) groups excluding carboxylic acids is 1. The highest BCUT2D eigenvalue weighted by atomic mass is 16.5. The van der Waals surface area contributed by atoms with Gasteiger partial charge in [-0.3, -0.25) is 4.40 Å². The molecule has 0 atom stereocenters. The lowest BCUT2D eigenvalue weighted by Crippen LogP contribution is -2.06. The standard InChI is InChI=1S/C10H11N3O2/c1-3-7-4-11-10-12-5-8(9(14)15-2)13(10)6-7/h4-6H,3H2,1-2H3. The summed E-state index contributed by atoms with van der Waals surface area (Å²) in [5.74, 6) is 0.102. The average molecular weight is 205 g/mol. The summed E-state index contributed by atoms with van der Waals surface area (Å²) in [4.78, 5) is 19.5. The molecule has 0 aliphatic carbocycles. The minimum atomic E-state index is -0.405. The van der Waals surface area contributed by atoms with E-state index in [1.807, 2.05) is 13.1 Å². The number of methoxy groups -OCH3 is 1. The fourth-order valence-electron chi connectivity index (χ4n) is 1.35. The molecule has 2 rings (SSSR count). The Bertz CT molecular complexity index is 504. The second-order valence-corrected chi connectivity index (χ2v) is 3.12. The van der Waals surface area contributed by atoms with Gasteiger partial charge >= 0.3 is 5.97 Å². The Morgan fingerprint density at radius 1 is 1.47 bits per heavy atom. The first-order valence-corrected chi connectivity index (χ1v) is 4.66. The van der Waals surface area contributed by atoms with Gasteiger partial charge in [-0.2, -0.15) is 0 Å². The van der Waals surface area contributed by atoms with Crippen molar-refractivity contribution < 1.29 is 9.53 Å². The maximum absolute atomic E-state index is 11.4. The normalized spacial score (nSPS) is 10.5. The van der Waals surface area contributed by atoms with Crippen molar-refractivity contribution in [1.29, 1.82) is 0 Å². The first-order chi connectivity index (χ1) is 7.26. The van der Waals surface area contributed by atoms with E-state index in [1.165, 1.54) is 13.3 Å². The van der Waals surface area contributed by atoms with Crippen LogP contribution in [0.4, 0.5) is 0 Å². The molecule has 0 amide bonds. The Morgan fingerprint density at radius 3 is 2.87 bits per heavy atom. The van der Waals surface area contributed by atoms with Crippen molar-refractivity contribution in [3.8, 4) is 0 Å². The van der Waals surface area contributed by atoms with Crippen molar-refractivity contribution >= 4 is 11.7 Å². The van der Waals surface area contributed by atoms with Gasteiger partial charge in [-0.25, -0.2) is 14.8 Å². The fraction of sp³-hybridized carbons (Fsp3) is 0.300. The molecule has 5 heteroatoms. The number of fused-ring (bicyclic) bond motifs is 1. The Kier molecular flexibility index (Phi) is 2.37. The molecule has 0 saturated carbocycles. The molecule has 0 aliphatic rings. The average Bonchev–Trinajstić information content (AvgIpc) is 2.70. The van der Waals surface area contributed by atoms with E-state index < -0.39 is 5.97 Å². The van der Waals surface area contributed by atoms with Crippen LogP contribution >= 0.6 is 0 Å². The van der Waals surface area contributed by atoms with Gasteiger partial charge < -0.3 is 4.74 Å². The highest BCUT2D eigenvalue weighted by Crippen LogP contribution is 2.07. The van der Waals surface area contributed by atoms with E-state index >= 15 is 0 Å². The third-order valence-corrected chi connectivity index (χ3v) is 2.22. The van der Waals surface area contributed by atoms with Gasteiger partial charge in [-0.05, 0) is 12.0 Å². The van der Waals surface area contributed by atoms with Gasteiger partial charge in [-0.15, -0.1) is 0 Å². The molecule has 2 aromatic heterocycles. The van der Waals surface area contributed by atoms with E-state index in [4.69, 9.17) is 0 Å². The molecule has 15 heavy (non-hydrogen) atoms. The molecule has 0 bridgehead atoms. The summed E-state index contributed by atoms with van der Waals surface area (Å²) in [6, 6.07) is 0. The summed E-state index contributed by atoms with van der Waals surface area (Å²) in [5.41, 5.74) is 1.45. The molecule has 78 valence electrons. The predicted molar refractivity (Wildman–Crippen MR) is 53.7 cm³/mol. The summed E-state index contributed by atoms with van der Waals surface area (Å²) in [6.45, 7) is 2.03. The Balaban J connectivity index is 2.61. The summed E-state index contributed by atoms with van der Waals surface area (Å²) in [6.07, 6.45) is 5.93. The smallest absolute Gasteiger partial charge is 0.356 e. The molecule has 2 aromatic rings. The summed E-state index contributed by atoms with van der Waals surface area (Å²) >= 11 is 0. The first-order valence-electron chi connectivity index (χ1n) is 4.66. The van der Waals surface area contributed by atoms with Crippen molar-refractivity contribution in [2.45, 2.75) is 13.3 Å². The lowest BCUT2D eigenvalue weighted by molar-refractivity contribution is 0.0593. The van der Waals surface area contributed by atoms with Gasteiger partial charge in [0.1, 0.15) is 0 Å². The molecule has 0 aliphatic heterocycles. The molecule has 0 fully saturated rings. The molecular weight excluding hydrogens is 194 g/mol. The van der Waals surface area contributed by atoms with E-state index in [2.05, 4.69) is 14.7 Å². The number of carbonyl (C=O) groups is 1. The highest BCUT2D eigenvalue weighted by molar-refractivity contribution is 5.88. The fourth-order valence-corrected chi connectivity index (χ4v) is 1.35. The van der Waals surface area contributed by atoms with Crippen LogP contribution in [0.5, 0.6) is 0 Å². The number of esters is 1. The number of nitrogens with zero attached hydrogens (tertiary/aromatic N) is 3. The van der Waals surface area contributed by atoms with E-state index in [9.17, 15) is 4.79 Å². The van der Waals surface area contributed by atoms with Crippen molar-refractivity contribution in [1.82, 2.24) is 14.4 Å². The van der Waals surface area contributed by atoms with Gasteiger partial charge in [0.25, 0.3) is 0 Å². The van der Waals surface area contributed by atoms with E-state index in [0.29, 0.717) is 11.5 Å². The number of aryl methyl sites for hydroxylation is 1. The van der Waals surface area contributed by atoms with Crippen LogP contribution in [0.25, 0.3) is 5.78 Å². The van der Waals surface area contributed by atoms with E-state index in [0.717, 1.165) is 12.0 Å². The molecule has 0 radical (unpaired) electrons. The molecule has 0 aromatic carbocycles. The number of hydrogen-bond acceptors (Lipinski definition) is 4. The Morgan fingerprint density at radius 2 is 2.20 bits per heavy atom. The van der Waals surface area contributed by atoms with Gasteiger partial charge in [0.2, 0.25) is 5.78 Å². The number of rotatable bonds is 2. The zero-order valence-electron chi connectivity index (χ0n) is 8.60. The number of hydrogen-bond donors (Lipinski definition) is 0. The Hall–Kier alpha value is -1.91. The van der Waals surface area contributed by atoms with Gasteiger partial charge in [-0.1, -0.05) is 6.92 Å². The van der Waals surface area contributed by atoms with Gasteiger partial charge in [0.15, 0.2) is 5.69 Å². The van der Waals surface area contributed by atoms with Crippen LogP contribution in [-0.4, -0.2) is 27.4 Å². The molecule has 5 nitrogen and oxygen atoms in total. The maximum atomic E-state index is 11.4. The van der Waals surface area contributed by atoms with E-state index in [-0.39, 0.29) is 0 Å². The van der Waals surface area contributed by atoms with E-state index in [1.54, 1.807) is 10.6 Å². The van der Waals surface area contributed by atoms with Crippen LogP contribution in [0.2, 0.25) is 0 Å². The minimum Gasteiger partial charge on any atom is -0.464 e. The van der Waals surface area contributed by atoms with Crippen LogP contribution in [0, 0.1) is 0 Å². The Labute approximate surface area is 86.7 Å². The summed E-state index contributed by atoms with van der Waals surface area (Å²) in [5, 5.41) is 0. The molecule has 2 heterocycles. The summed E-state index contributed by atoms with van der Waals surface area (Å²) in [7, 11) is 1.35. The third kappa shape index (κ3) is 1.56. The van der Waals surface area contributed by atoms with Crippen LogP contribution < -0.4 is 0 Å². The largest absolute Gasteiger partial charge is 0.464 e. The highest BCUT2D eigenvalue weighted by Gasteiger charge is 2.12. The van der Waals surface area contributed by atoms with Crippen LogP contribution in [0.3, 0.4) is 0 Å².